The molecule has 1 N–H and O–H groups in total. The third-order valence-corrected chi connectivity index (χ3v) is 3.26. The Hall–Kier alpha value is -0.580. The standard InChI is InChI=1S/C11H19BrN2O2/c1-2-6-9-10(15)14(11(16)13-9)8-5-3-4-7-12/h9H,2-8H2,1H3,(H,13,16). The highest BCUT2D eigenvalue weighted by Crippen LogP contribution is 2.12. The molecule has 1 fully saturated rings. The monoisotopic (exact) mass is 290 g/mol. The van der Waals surface area contributed by atoms with Gasteiger partial charge in [0.2, 0.25) is 0 Å². The molecule has 0 aromatic carbocycles. The van der Waals surface area contributed by atoms with Crippen LogP contribution < -0.4 is 5.32 Å². The number of nitrogens with zero attached hydrogens (tertiary/aromatic N) is 1. The highest BCUT2D eigenvalue weighted by Gasteiger charge is 2.36. The molecule has 0 aliphatic carbocycles. The van der Waals surface area contributed by atoms with Gasteiger partial charge in [-0.25, -0.2) is 4.79 Å². The maximum Gasteiger partial charge on any atom is 0.324 e. The van der Waals surface area contributed by atoms with E-state index in [0.29, 0.717) is 6.54 Å². The molecule has 1 aliphatic heterocycles. The number of imide groups is 1. The zero-order valence-corrected chi connectivity index (χ0v) is 11.3. The second-order valence-corrected chi connectivity index (χ2v) is 4.82. The Morgan fingerprint density at radius 2 is 2.06 bits per heavy atom. The Kier molecular flexibility index (Phi) is 5.80. The summed E-state index contributed by atoms with van der Waals surface area (Å²) in [4.78, 5) is 24.7. The van der Waals surface area contributed by atoms with E-state index in [-0.39, 0.29) is 18.0 Å². The molecule has 0 bridgehead atoms. The van der Waals surface area contributed by atoms with Crippen molar-refractivity contribution in [3.8, 4) is 0 Å². The van der Waals surface area contributed by atoms with E-state index < -0.39 is 0 Å². The van der Waals surface area contributed by atoms with Crippen molar-refractivity contribution in [3.05, 3.63) is 0 Å². The predicted octanol–water partition coefficient (Wildman–Crippen LogP) is 2.27. The maximum atomic E-state index is 11.8. The van der Waals surface area contributed by atoms with Crippen LogP contribution in [0.2, 0.25) is 0 Å². The van der Waals surface area contributed by atoms with E-state index in [1.807, 2.05) is 6.92 Å². The van der Waals surface area contributed by atoms with Gasteiger partial charge in [-0.3, -0.25) is 9.69 Å². The van der Waals surface area contributed by atoms with Gasteiger partial charge in [0, 0.05) is 11.9 Å². The van der Waals surface area contributed by atoms with Gasteiger partial charge in [0.05, 0.1) is 0 Å². The minimum Gasteiger partial charge on any atom is -0.326 e. The molecule has 1 saturated heterocycles. The third kappa shape index (κ3) is 3.47. The Morgan fingerprint density at radius 1 is 1.31 bits per heavy atom. The van der Waals surface area contributed by atoms with Crippen molar-refractivity contribution in [1.82, 2.24) is 10.2 Å². The first kappa shape index (κ1) is 13.5. The molecule has 5 heteroatoms. The van der Waals surface area contributed by atoms with Crippen molar-refractivity contribution >= 4 is 27.9 Å². The van der Waals surface area contributed by atoms with E-state index >= 15 is 0 Å². The second kappa shape index (κ2) is 6.89. The average molecular weight is 291 g/mol. The fourth-order valence-corrected chi connectivity index (χ4v) is 2.21. The van der Waals surface area contributed by atoms with Gasteiger partial charge < -0.3 is 5.32 Å². The van der Waals surface area contributed by atoms with Crippen molar-refractivity contribution < 1.29 is 9.59 Å². The van der Waals surface area contributed by atoms with Crippen molar-refractivity contribution in [2.75, 3.05) is 11.9 Å². The summed E-state index contributed by atoms with van der Waals surface area (Å²) < 4.78 is 0. The van der Waals surface area contributed by atoms with E-state index in [9.17, 15) is 9.59 Å². The van der Waals surface area contributed by atoms with E-state index in [2.05, 4.69) is 21.2 Å². The molecule has 0 saturated carbocycles. The van der Waals surface area contributed by atoms with Crippen LogP contribution in [0, 0.1) is 0 Å². The molecule has 1 atom stereocenters. The SMILES string of the molecule is CCCC1NC(=O)N(CCCCCBr)C1=O. The van der Waals surface area contributed by atoms with Gasteiger partial charge in [0.15, 0.2) is 0 Å². The topological polar surface area (TPSA) is 49.4 Å². The van der Waals surface area contributed by atoms with Crippen LogP contribution in [0.3, 0.4) is 0 Å². The number of rotatable bonds is 7. The first-order valence-electron chi connectivity index (χ1n) is 5.88. The first-order chi connectivity index (χ1) is 7.70. The summed E-state index contributed by atoms with van der Waals surface area (Å²) in [5.74, 6) is -0.0503. The molecule has 0 aromatic rings. The second-order valence-electron chi connectivity index (χ2n) is 4.03. The lowest BCUT2D eigenvalue weighted by molar-refractivity contribution is -0.127. The molecule has 0 spiro atoms. The molecule has 92 valence electrons. The van der Waals surface area contributed by atoms with Crippen LogP contribution in [0.1, 0.15) is 39.0 Å². The lowest BCUT2D eigenvalue weighted by atomic mass is 10.1. The fourth-order valence-electron chi connectivity index (χ4n) is 1.81. The average Bonchev–Trinajstić information content (AvgIpc) is 2.52. The molecule has 1 heterocycles. The van der Waals surface area contributed by atoms with Gasteiger partial charge in [0.1, 0.15) is 6.04 Å². The molecule has 1 unspecified atom stereocenters. The number of alkyl halides is 1. The normalized spacial score (nSPS) is 20.4. The zero-order chi connectivity index (χ0) is 12.0. The molecule has 16 heavy (non-hydrogen) atoms. The molecule has 3 amide bonds. The molecular weight excluding hydrogens is 272 g/mol. The van der Waals surface area contributed by atoms with E-state index in [4.69, 9.17) is 0 Å². The summed E-state index contributed by atoms with van der Waals surface area (Å²) in [6, 6.07) is -0.504. The predicted molar refractivity (Wildman–Crippen MR) is 66.6 cm³/mol. The molecule has 1 rings (SSSR count). The number of amides is 3. The zero-order valence-electron chi connectivity index (χ0n) is 9.67. The molecule has 0 radical (unpaired) electrons. The van der Waals surface area contributed by atoms with Crippen LogP contribution >= 0.6 is 15.9 Å². The van der Waals surface area contributed by atoms with E-state index in [1.165, 1.54) is 4.90 Å². The van der Waals surface area contributed by atoms with Gasteiger partial charge in [-0.1, -0.05) is 35.7 Å². The largest absolute Gasteiger partial charge is 0.326 e. The number of carbonyl (C=O) groups excluding carboxylic acids is 2. The highest BCUT2D eigenvalue weighted by atomic mass is 79.9. The molecule has 0 aromatic heterocycles. The molecule has 4 nitrogen and oxygen atoms in total. The van der Waals surface area contributed by atoms with Crippen molar-refractivity contribution in [2.24, 2.45) is 0 Å². The fraction of sp³-hybridized carbons (Fsp3) is 0.818. The van der Waals surface area contributed by atoms with Crippen LogP contribution in [0.15, 0.2) is 0 Å². The number of hydrogen-bond acceptors (Lipinski definition) is 2. The summed E-state index contributed by atoms with van der Waals surface area (Å²) in [5.41, 5.74) is 0. The molecule has 1 aliphatic rings. The highest BCUT2D eigenvalue weighted by molar-refractivity contribution is 9.09. The number of hydrogen-bond donors (Lipinski definition) is 1. The van der Waals surface area contributed by atoms with Gasteiger partial charge in [0.25, 0.3) is 5.91 Å². The van der Waals surface area contributed by atoms with Gasteiger partial charge >= 0.3 is 6.03 Å². The van der Waals surface area contributed by atoms with Gasteiger partial charge in [-0.05, 0) is 19.3 Å². The number of unbranched alkanes of at least 4 members (excludes halogenated alkanes) is 2. The summed E-state index contributed by atoms with van der Waals surface area (Å²) in [7, 11) is 0. The molecular formula is C11H19BrN2O2. The van der Waals surface area contributed by atoms with Crippen molar-refractivity contribution in [2.45, 2.75) is 45.1 Å². The Labute approximate surface area is 105 Å². The minimum absolute atomic E-state index is 0.0503. The summed E-state index contributed by atoms with van der Waals surface area (Å²) in [5, 5.41) is 3.70. The Morgan fingerprint density at radius 3 is 2.69 bits per heavy atom. The lowest BCUT2D eigenvalue weighted by Gasteiger charge is -2.12. The summed E-state index contributed by atoms with van der Waals surface area (Å²) in [6.07, 6.45) is 4.67. The first-order valence-corrected chi connectivity index (χ1v) is 7.00. The lowest BCUT2D eigenvalue weighted by Crippen LogP contribution is -2.32. The van der Waals surface area contributed by atoms with E-state index in [0.717, 1.165) is 37.4 Å². The van der Waals surface area contributed by atoms with Crippen molar-refractivity contribution in [3.63, 3.8) is 0 Å². The van der Waals surface area contributed by atoms with Crippen LogP contribution in [-0.2, 0) is 4.79 Å². The summed E-state index contributed by atoms with van der Waals surface area (Å²) in [6.45, 7) is 2.57. The summed E-state index contributed by atoms with van der Waals surface area (Å²) >= 11 is 3.36. The van der Waals surface area contributed by atoms with Crippen LogP contribution in [0.4, 0.5) is 4.79 Å². The maximum absolute atomic E-state index is 11.8. The minimum atomic E-state index is -0.284. The van der Waals surface area contributed by atoms with Crippen LogP contribution in [0.5, 0.6) is 0 Å². The smallest absolute Gasteiger partial charge is 0.324 e. The van der Waals surface area contributed by atoms with Gasteiger partial charge in [-0.15, -0.1) is 0 Å². The van der Waals surface area contributed by atoms with Crippen LogP contribution in [0.25, 0.3) is 0 Å². The van der Waals surface area contributed by atoms with Gasteiger partial charge in [-0.2, -0.15) is 0 Å². The number of nitrogens with one attached hydrogen (secondary N) is 1. The van der Waals surface area contributed by atoms with E-state index in [1.54, 1.807) is 0 Å². The third-order valence-electron chi connectivity index (χ3n) is 2.70. The number of carbonyl (C=O) groups is 2. The Balaban J connectivity index is 2.36. The van der Waals surface area contributed by atoms with Crippen molar-refractivity contribution in [1.29, 1.82) is 0 Å². The Bertz CT molecular complexity index is 258. The number of halogens is 1. The number of urea groups is 1. The van der Waals surface area contributed by atoms with Crippen LogP contribution in [-0.4, -0.2) is 34.8 Å². The quantitative estimate of drug-likeness (QED) is 0.444.